The van der Waals surface area contributed by atoms with Crippen molar-refractivity contribution in [2.24, 2.45) is 0 Å². The standard InChI is InChI=1S/C16H23N3O3/c1-11-9-12(14(20)7-8-19(5)6)13(10-17-11)18-15(21)22-16(2,3)4/h7-10H,1-6H3,(H,18,21)/b8-7+. The summed E-state index contributed by atoms with van der Waals surface area (Å²) in [6, 6.07) is 1.63. The molecule has 1 rings (SSSR count). The van der Waals surface area contributed by atoms with Crippen molar-refractivity contribution in [1.29, 1.82) is 0 Å². The highest BCUT2D eigenvalue weighted by atomic mass is 16.6. The van der Waals surface area contributed by atoms with Crippen LogP contribution < -0.4 is 5.32 Å². The van der Waals surface area contributed by atoms with Gasteiger partial charge in [0.05, 0.1) is 11.9 Å². The van der Waals surface area contributed by atoms with Gasteiger partial charge < -0.3 is 9.64 Å². The highest BCUT2D eigenvalue weighted by Gasteiger charge is 2.18. The van der Waals surface area contributed by atoms with E-state index in [1.807, 2.05) is 14.1 Å². The molecule has 0 aliphatic rings. The summed E-state index contributed by atoms with van der Waals surface area (Å²) in [7, 11) is 3.64. The van der Waals surface area contributed by atoms with Gasteiger partial charge in [-0.3, -0.25) is 15.1 Å². The van der Waals surface area contributed by atoms with Crippen molar-refractivity contribution in [2.75, 3.05) is 19.4 Å². The lowest BCUT2D eigenvalue weighted by Crippen LogP contribution is -2.27. The number of carbonyl (C=O) groups is 2. The average Bonchev–Trinajstić information content (AvgIpc) is 2.35. The van der Waals surface area contributed by atoms with Gasteiger partial charge >= 0.3 is 6.09 Å². The van der Waals surface area contributed by atoms with Gasteiger partial charge in [0, 0.05) is 37.6 Å². The van der Waals surface area contributed by atoms with E-state index in [2.05, 4.69) is 10.3 Å². The second-order valence-electron chi connectivity index (χ2n) is 6.14. The summed E-state index contributed by atoms with van der Waals surface area (Å²) < 4.78 is 5.19. The van der Waals surface area contributed by atoms with Crippen LogP contribution in [-0.2, 0) is 4.74 Å². The summed E-state index contributed by atoms with van der Waals surface area (Å²) in [5.74, 6) is -0.217. The Morgan fingerprint density at radius 3 is 2.50 bits per heavy atom. The predicted molar refractivity (Wildman–Crippen MR) is 86.0 cm³/mol. The highest BCUT2D eigenvalue weighted by Crippen LogP contribution is 2.18. The van der Waals surface area contributed by atoms with Gasteiger partial charge in [0.25, 0.3) is 0 Å². The van der Waals surface area contributed by atoms with Crippen LogP contribution in [0.1, 0.15) is 36.8 Å². The van der Waals surface area contributed by atoms with Crippen LogP contribution in [0.3, 0.4) is 0 Å². The lowest BCUT2D eigenvalue weighted by molar-refractivity contribution is 0.0636. The van der Waals surface area contributed by atoms with E-state index in [0.717, 1.165) is 0 Å². The molecule has 0 bridgehead atoms. The first kappa shape index (κ1) is 17.7. The van der Waals surface area contributed by atoms with Gasteiger partial charge in [0.1, 0.15) is 5.60 Å². The Hall–Kier alpha value is -2.37. The Balaban J connectivity index is 3.01. The lowest BCUT2D eigenvalue weighted by atomic mass is 10.1. The summed E-state index contributed by atoms with van der Waals surface area (Å²) in [6.45, 7) is 7.09. The first-order valence-corrected chi connectivity index (χ1v) is 6.94. The fourth-order valence-electron chi connectivity index (χ4n) is 1.58. The maximum absolute atomic E-state index is 12.3. The zero-order valence-electron chi connectivity index (χ0n) is 13.9. The zero-order valence-corrected chi connectivity index (χ0v) is 13.9. The van der Waals surface area contributed by atoms with Gasteiger partial charge in [0.15, 0.2) is 5.78 Å². The van der Waals surface area contributed by atoms with Crippen LogP contribution in [0.2, 0.25) is 0 Å². The fourth-order valence-corrected chi connectivity index (χ4v) is 1.58. The number of aryl methyl sites for hydroxylation is 1. The average molecular weight is 305 g/mol. The number of ketones is 1. The molecule has 1 heterocycles. The van der Waals surface area contributed by atoms with Gasteiger partial charge in [-0.15, -0.1) is 0 Å². The number of hydrogen-bond donors (Lipinski definition) is 1. The first-order chi connectivity index (χ1) is 10.1. The lowest BCUT2D eigenvalue weighted by Gasteiger charge is -2.20. The summed E-state index contributed by atoms with van der Waals surface area (Å²) in [6.07, 6.45) is 3.92. The molecule has 0 aliphatic carbocycles. The third-order valence-corrected chi connectivity index (χ3v) is 2.47. The Kier molecular flexibility index (Phi) is 5.68. The van der Waals surface area contributed by atoms with E-state index in [1.165, 1.54) is 12.3 Å². The number of pyridine rings is 1. The molecule has 0 aromatic carbocycles. The Morgan fingerprint density at radius 1 is 1.32 bits per heavy atom. The van der Waals surface area contributed by atoms with Gasteiger partial charge in [0.2, 0.25) is 0 Å². The molecule has 0 fully saturated rings. The maximum Gasteiger partial charge on any atom is 0.412 e. The SMILES string of the molecule is Cc1cc(C(=O)/C=C/N(C)C)c(NC(=O)OC(C)(C)C)cn1. The third kappa shape index (κ3) is 5.95. The zero-order chi connectivity index (χ0) is 16.9. The molecule has 6 heteroatoms. The number of rotatable bonds is 4. The quantitative estimate of drug-likeness (QED) is 0.684. The highest BCUT2D eigenvalue weighted by molar-refractivity contribution is 6.09. The number of allylic oxidation sites excluding steroid dienone is 1. The minimum Gasteiger partial charge on any atom is -0.444 e. The van der Waals surface area contributed by atoms with E-state index in [-0.39, 0.29) is 5.78 Å². The van der Waals surface area contributed by atoms with Crippen LogP contribution in [0.5, 0.6) is 0 Å². The van der Waals surface area contributed by atoms with Crippen LogP contribution in [0, 0.1) is 6.92 Å². The molecule has 0 atom stereocenters. The molecule has 0 radical (unpaired) electrons. The molecule has 0 unspecified atom stereocenters. The molecule has 22 heavy (non-hydrogen) atoms. The summed E-state index contributed by atoms with van der Waals surface area (Å²) in [4.78, 5) is 30.0. The van der Waals surface area contributed by atoms with Crippen molar-refractivity contribution in [3.05, 3.63) is 35.8 Å². The molecule has 6 nitrogen and oxygen atoms in total. The van der Waals surface area contributed by atoms with E-state index in [1.54, 1.807) is 44.9 Å². The number of aromatic nitrogens is 1. The number of hydrogen-bond acceptors (Lipinski definition) is 5. The Morgan fingerprint density at radius 2 is 1.95 bits per heavy atom. The number of amides is 1. The minimum atomic E-state index is -0.621. The van der Waals surface area contributed by atoms with E-state index in [0.29, 0.717) is 16.9 Å². The summed E-state index contributed by atoms with van der Waals surface area (Å²) in [5, 5.41) is 2.57. The second kappa shape index (κ2) is 7.06. The number of nitrogens with one attached hydrogen (secondary N) is 1. The number of carbonyl (C=O) groups excluding carboxylic acids is 2. The van der Waals surface area contributed by atoms with E-state index >= 15 is 0 Å². The molecular weight excluding hydrogens is 282 g/mol. The first-order valence-electron chi connectivity index (χ1n) is 6.94. The molecule has 1 aromatic rings. The molecule has 0 spiro atoms. The van der Waals surface area contributed by atoms with Crippen LogP contribution in [0.15, 0.2) is 24.5 Å². The van der Waals surface area contributed by atoms with Crippen LogP contribution >= 0.6 is 0 Å². The van der Waals surface area contributed by atoms with Gasteiger partial charge in [-0.2, -0.15) is 0 Å². The number of ether oxygens (including phenoxy) is 1. The largest absolute Gasteiger partial charge is 0.444 e. The monoisotopic (exact) mass is 305 g/mol. The topological polar surface area (TPSA) is 71.5 Å². The van der Waals surface area contributed by atoms with E-state index < -0.39 is 11.7 Å². The van der Waals surface area contributed by atoms with Crippen molar-refractivity contribution in [3.63, 3.8) is 0 Å². The minimum absolute atomic E-state index is 0.217. The third-order valence-electron chi connectivity index (χ3n) is 2.47. The molecule has 0 aliphatic heterocycles. The molecule has 0 saturated heterocycles. The Labute approximate surface area is 131 Å². The number of nitrogens with zero attached hydrogens (tertiary/aromatic N) is 2. The maximum atomic E-state index is 12.3. The summed E-state index contributed by atoms with van der Waals surface area (Å²) in [5.41, 5.74) is 0.776. The fraction of sp³-hybridized carbons (Fsp3) is 0.438. The van der Waals surface area contributed by atoms with Crippen LogP contribution in [0.4, 0.5) is 10.5 Å². The van der Waals surface area contributed by atoms with Gasteiger partial charge in [-0.05, 0) is 33.8 Å². The van der Waals surface area contributed by atoms with Crippen molar-refractivity contribution < 1.29 is 14.3 Å². The normalized spacial score (nSPS) is 11.4. The van der Waals surface area contributed by atoms with Gasteiger partial charge in [-0.25, -0.2) is 4.79 Å². The predicted octanol–water partition coefficient (Wildman–Crippen LogP) is 3.00. The van der Waals surface area contributed by atoms with Crippen molar-refractivity contribution in [2.45, 2.75) is 33.3 Å². The van der Waals surface area contributed by atoms with Crippen LogP contribution in [0.25, 0.3) is 0 Å². The molecule has 1 N–H and O–H groups in total. The molecule has 1 amide bonds. The van der Waals surface area contributed by atoms with E-state index in [9.17, 15) is 9.59 Å². The van der Waals surface area contributed by atoms with E-state index in [4.69, 9.17) is 4.74 Å². The summed E-state index contributed by atoms with van der Waals surface area (Å²) >= 11 is 0. The smallest absolute Gasteiger partial charge is 0.412 e. The van der Waals surface area contributed by atoms with Crippen LogP contribution in [-0.4, -0.2) is 41.5 Å². The second-order valence-corrected chi connectivity index (χ2v) is 6.14. The molecule has 0 saturated carbocycles. The van der Waals surface area contributed by atoms with Crippen molar-refractivity contribution in [1.82, 2.24) is 9.88 Å². The van der Waals surface area contributed by atoms with Gasteiger partial charge in [-0.1, -0.05) is 0 Å². The molecule has 1 aromatic heterocycles. The molecule has 120 valence electrons. The van der Waals surface area contributed by atoms with Crippen molar-refractivity contribution in [3.8, 4) is 0 Å². The number of anilines is 1. The Bertz CT molecular complexity index is 587. The van der Waals surface area contributed by atoms with Crippen molar-refractivity contribution >= 4 is 17.6 Å². The molecular formula is C16H23N3O3.